The second kappa shape index (κ2) is 6.90. The fraction of sp³-hybridized carbons (Fsp3) is 0.786. The highest BCUT2D eigenvalue weighted by molar-refractivity contribution is 5.05. The van der Waals surface area contributed by atoms with Crippen LogP contribution in [-0.2, 0) is 16.8 Å². The Labute approximate surface area is 110 Å². The zero-order valence-corrected chi connectivity index (χ0v) is 12.2. The summed E-state index contributed by atoms with van der Waals surface area (Å²) in [7, 11) is 1.71. The number of nitrogens with zero attached hydrogens (tertiary/aromatic N) is 1. The molecule has 0 aliphatic heterocycles. The molecule has 4 heteroatoms. The Morgan fingerprint density at radius 1 is 1.50 bits per heavy atom. The van der Waals surface area contributed by atoms with Gasteiger partial charge in [0.2, 0.25) is 0 Å². The van der Waals surface area contributed by atoms with E-state index in [0.717, 1.165) is 37.5 Å². The lowest BCUT2D eigenvalue weighted by Gasteiger charge is -2.23. The minimum Gasteiger partial charge on any atom is -0.443 e. The van der Waals surface area contributed by atoms with Crippen molar-refractivity contribution in [2.45, 2.75) is 58.6 Å². The van der Waals surface area contributed by atoms with Crippen molar-refractivity contribution in [3.63, 3.8) is 0 Å². The second-order valence-electron chi connectivity index (χ2n) is 5.12. The fourth-order valence-corrected chi connectivity index (χ4v) is 1.72. The summed E-state index contributed by atoms with van der Waals surface area (Å²) < 4.78 is 11.3. The van der Waals surface area contributed by atoms with Gasteiger partial charge in [-0.05, 0) is 26.3 Å². The molecule has 0 radical (unpaired) electrons. The van der Waals surface area contributed by atoms with Gasteiger partial charge in [-0.2, -0.15) is 0 Å². The molecule has 1 aromatic rings. The molecule has 1 atom stereocenters. The maximum Gasteiger partial charge on any atom is 0.194 e. The van der Waals surface area contributed by atoms with Crippen LogP contribution in [-0.4, -0.2) is 24.7 Å². The number of methoxy groups -OCH3 is 1. The van der Waals surface area contributed by atoms with Crippen molar-refractivity contribution in [1.82, 2.24) is 10.3 Å². The molecule has 0 aromatic carbocycles. The van der Waals surface area contributed by atoms with Gasteiger partial charge in [0.15, 0.2) is 11.7 Å². The Morgan fingerprint density at radius 3 is 2.78 bits per heavy atom. The van der Waals surface area contributed by atoms with Gasteiger partial charge >= 0.3 is 0 Å². The van der Waals surface area contributed by atoms with Crippen molar-refractivity contribution >= 4 is 0 Å². The average molecular weight is 254 g/mol. The molecule has 1 N–H and O–H groups in total. The lowest BCUT2D eigenvalue weighted by molar-refractivity contribution is -0.0197. The first-order chi connectivity index (χ1) is 8.51. The lowest BCUT2D eigenvalue weighted by Crippen LogP contribution is -2.24. The number of nitrogens with one attached hydrogen (secondary N) is 1. The Bertz CT molecular complexity index is 343. The van der Waals surface area contributed by atoms with E-state index in [1.165, 1.54) is 0 Å². The van der Waals surface area contributed by atoms with Gasteiger partial charge in [-0.25, -0.2) is 4.98 Å². The van der Waals surface area contributed by atoms with Crippen molar-refractivity contribution in [2.75, 3.05) is 13.7 Å². The molecule has 1 unspecified atom stereocenters. The summed E-state index contributed by atoms with van der Waals surface area (Å²) in [4.78, 5) is 4.32. The normalized spacial score (nSPS) is 15.0. The lowest BCUT2D eigenvalue weighted by atomic mass is 10.0. The summed E-state index contributed by atoms with van der Waals surface area (Å²) in [6.45, 7) is 9.39. The molecule has 0 bridgehead atoms. The molecular weight excluding hydrogens is 228 g/mol. The van der Waals surface area contributed by atoms with Crippen LogP contribution in [0.1, 0.15) is 52.2 Å². The number of aryl methyl sites for hydroxylation is 1. The van der Waals surface area contributed by atoms with E-state index in [4.69, 9.17) is 9.15 Å². The number of aromatic nitrogens is 1. The molecule has 104 valence electrons. The minimum absolute atomic E-state index is 0.360. The molecule has 0 saturated carbocycles. The molecular formula is C14H26N2O2. The summed E-state index contributed by atoms with van der Waals surface area (Å²) in [6.07, 6.45) is 4.56. The summed E-state index contributed by atoms with van der Waals surface area (Å²) in [5.74, 6) is 1.62. The number of hydrogen-bond acceptors (Lipinski definition) is 4. The molecule has 4 nitrogen and oxygen atoms in total. The van der Waals surface area contributed by atoms with Gasteiger partial charge in [-0.3, -0.25) is 0 Å². The quantitative estimate of drug-likeness (QED) is 0.725. The van der Waals surface area contributed by atoms with Crippen LogP contribution in [0.5, 0.6) is 0 Å². The van der Waals surface area contributed by atoms with Crippen LogP contribution in [0.2, 0.25) is 0 Å². The first kappa shape index (κ1) is 15.2. The van der Waals surface area contributed by atoms with Crippen LogP contribution in [0.3, 0.4) is 0 Å². The molecule has 0 spiro atoms. The minimum atomic E-state index is -0.360. The smallest absolute Gasteiger partial charge is 0.194 e. The summed E-state index contributed by atoms with van der Waals surface area (Å²) in [5, 5.41) is 3.38. The highest BCUT2D eigenvalue weighted by Crippen LogP contribution is 2.28. The molecule has 1 aromatic heterocycles. The van der Waals surface area contributed by atoms with E-state index < -0.39 is 0 Å². The first-order valence-corrected chi connectivity index (χ1v) is 6.75. The predicted octanol–water partition coefficient (Wildman–Crippen LogP) is 2.88. The number of oxazole rings is 1. The second-order valence-corrected chi connectivity index (χ2v) is 5.12. The van der Waals surface area contributed by atoms with E-state index in [-0.39, 0.29) is 5.60 Å². The van der Waals surface area contributed by atoms with Crippen LogP contribution < -0.4 is 5.32 Å². The van der Waals surface area contributed by atoms with E-state index in [1.807, 2.05) is 6.92 Å². The number of hydrogen-bond donors (Lipinski definition) is 1. The van der Waals surface area contributed by atoms with Gasteiger partial charge in [0.25, 0.3) is 0 Å². The van der Waals surface area contributed by atoms with Crippen LogP contribution >= 0.6 is 0 Å². The van der Waals surface area contributed by atoms with E-state index in [0.29, 0.717) is 6.04 Å². The van der Waals surface area contributed by atoms with Crippen molar-refractivity contribution in [3.05, 3.63) is 17.8 Å². The van der Waals surface area contributed by atoms with Gasteiger partial charge in [0.1, 0.15) is 5.60 Å². The van der Waals surface area contributed by atoms with Crippen molar-refractivity contribution in [2.24, 2.45) is 0 Å². The fourth-order valence-electron chi connectivity index (χ4n) is 1.72. The molecule has 18 heavy (non-hydrogen) atoms. The highest BCUT2D eigenvalue weighted by atomic mass is 16.5. The Morgan fingerprint density at radius 2 is 2.22 bits per heavy atom. The summed E-state index contributed by atoms with van der Waals surface area (Å²) in [5.41, 5.74) is -0.360. The van der Waals surface area contributed by atoms with Crippen LogP contribution in [0.25, 0.3) is 0 Å². The maximum absolute atomic E-state index is 5.77. The number of ether oxygens (including phenoxy) is 1. The topological polar surface area (TPSA) is 47.3 Å². The van der Waals surface area contributed by atoms with Crippen LogP contribution in [0, 0.1) is 0 Å². The maximum atomic E-state index is 5.77. The Kier molecular flexibility index (Phi) is 5.82. The Hall–Kier alpha value is -0.870. The third-order valence-corrected chi connectivity index (χ3v) is 3.32. The largest absolute Gasteiger partial charge is 0.443 e. The van der Waals surface area contributed by atoms with Gasteiger partial charge in [-0.1, -0.05) is 20.8 Å². The van der Waals surface area contributed by atoms with E-state index in [1.54, 1.807) is 13.3 Å². The van der Waals surface area contributed by atoms with E-state index in [2.05, 4.69) is 31.1 Å². The number of rotatable bonds is 8. The summed E-state index contributed by atoms with van der Waals surface area (Å²) in [6, 6.07) is 0.530. The molecule has 0 fully saturated rings. The van der Waals surface area contributed by atoms with Gasteiger partial charge in [0.05, 0.1) is 6.20 Å². The molecule has 1 rings (SSSR count). The van der Waals surface area contributed by atoms with E-state index >= 15 is 0 Å². The molecule has 0 aliphatic rings. The SMILES string of the molecule is CCC(C)(OC)c1cnc(CCCNC(C)C)o1. The highest BCUT2D eigenvalue weighted by Gasteiger charge is 2.28. The monoisotopic (exact) mass is 254 g/mol. The van der Waals surface area contributed by atoms with Gasteiger partial charge in [0, 0.05) is 19.6 Å². The van der Waals surface area contributed by atoms with Crippen LogP contribution in [0.15, 0.2) is 10.6 Å². The molecule has 0 amide bonds. The standard InChI is InChI=1S/C14H26N2O2/c1-6-14(4,17-5)12-10-16-13(18-12)8-7-9-15-11(2)3/h10-11,15H,6-9H2,1-5H3. The Balaban J connectivity index is 2.48. The van der Waals surface area contributed by atoms with E-state index in [9.17, 15) is 0 Å². The third kappa shape index (κ3) is 4.10. The first-order valence-electron chi connectivity index (χ1n) is 6.75. The van der Waals surface area contributed by atoms with Crippen LogP contribution in [0.4, 0.5) is 0 Å². The predicted molar refractivity (Wildman–Crippen MR) is 72.6 cm³/mol. The van der Waals surface area contributed by atoms with Crippen molar-refractivity contribution < 1.29 is 9.15 Å². The van der Waals surface area contributed by atoms with Crippen molar-refractivity contribution in [3.8, 4) is 0 Å². The third-order valence-electron chi connectivity index (χ3n) is 3.32. The zero-order chi connectivity index (χ0) is 13.6. The zero-order valence-electron chi connectivity index (χ0n) is 12.2. The van der Waals surface area contributed by atoms with Gasteiger partial charge in [-0.15, -0.1) is 0 Å². The van der Waals surface area contributed by atoms with Gasteiger partial charge < -0.3 is 14.5 Å². The molecule has 1 heterocycles. The molecule has 0 aliphatic carbocycles. The van der Waals surface area contributed by atoms with Crippen molar-refractivity contribution in [1.29, 1.82) is 0 Å². The average Bonchev–Trinajstić information content (AvgIpc) is 2.83. The summed E-state index contributed by atoms with van der Waals surface area (Å²) >= 11 is 0. The molecule has 0 saturated heterocycles.